The number of hydrogen-bond donors (Lipinski definition) is 1. The lowest BCUT2D eigenvalue weighted by Crippen LogP contribution is -2.54. The van der Waals surface area contributed by atoms with Crippen molar-refractivity contribution in [2.24, 2.45) is 0 Å². The van der Waals surface area contributed by atoms with E-state index >= 15 is 0 Å². The lowest BCUT2D eigenvalue weighted by Gasteiger charge is -2.38. The van der Waals surface area contributed by atoms with Gasteiger partial charge in [-0.3, -0.25) is 0 Å². The first-order valence-corrected chi connectivity index (χ1v) is 6.74. The van der Waals surface area contributed by atoms with Gasteiger partial charge in [0, 0.05) is 35.3 Å². The third kappa shape index (κ3) is 1.49. The van der Waals surface area contributed by atoms with Crippen LogP contribution >= 0.6 is 15.9 Å². The molecule has 0 radical (unpaired) electrons. The summed E-state index contributed by atoms with van der Waals surface area (Å²) >= 11 is 3.63. The lowest BCUT2D eigenvalue weighted by molar-refractivity contribution is 0.430. The fraction of sp³-hybridized carbons (Fsp3) is 0.538. The van der Waals surface area contributed by atoms with E-state index in [0.717, 1.165) is 13.1 Å². The molecule has 0 spiro atoms. The van der Waals surface area contributed by atoms with Crippen molar-refractivity contribution in [1.82, 2.24) is 5.32 Å². The van der Waals surface area contributed by atoms with E-state index in [-0.39, 0.29) is 0 Å². The fourth-order valence-electron chi connectivity index (χ4n) is 2.99. The molecule has 2 aliphatic rings. The van der Waals surface area contributed by atoms with Gasteiger partial charge < -0.3 is 10.2 Å². The number of hydrogen-bond acceptors (Lipinski definition) is 2. The maximum Gasteiger partial charge on any atom is 0.0459 e. The van der Waals surface area contributed by atoms with Crippen LogP contribution in [0.4, 0.5) is 5.69 Å². The molecule has 1 fully saturated rings. The molecule has 1 unspecified atom stereocenters. The lowest BCUT2D eigenvalue weighted by atomic mass is 10.1. The standard InChI is InChI=1S/C13H17BrN2/c1-8-3-13-10(5-12(8)14)4-11-7-15-6-9(2)16(11)13/h3,5,9,11,15H,4,6-7H2,1-2H3/t9-,11?/m1/s1. The van der Waals surface area contributed by atoms with Gasteiger partial charge in [0.05, 0.1) is 0 Å². The molecule has 0 aromatic heterocycles. The average molecular weight is 281 g/mol. The number of rotatable bonds is 0. The minimum Gasteiger partial charge on any atom is -0.363 e. The van der Waals surface area contributed by atoms with Crippen molar-refractivity contribution in [2.45, 2.75) is 32.4 Å². The SMILES string of the molecule is Cc1cc2c(cc1Br)CC1CNC[C@@H](C)N21. The summed E-state index contributed by atoms with van der Waals surface area (Å²) in [6.07, 6.45) is 1.19. The molecule has 1 aromatic carbocycles. The maximum atomic E-state index is 3.63. The second-order valence-corrected chi connectivity index (χ2v) is 5.86. The molecule has 0 amide bonds. The molecule has 2 nitrogen and oxygen atoms in total. The molecule has 2 heterocycles. The van der Waals surface area contributed by atoms with Crippen LogP contribution in [-0.4, -0.2) is 25.2 Å². The van der Waals surface area contributed by atoms with Crippen molar-refractivity contribution in [2.75, 3.05) is 18.0 Å². The average Bonchev–Trinajstić information content (AvgIpc) is 2.58. The monoisotopic (exact) mass is 280 g/mol. The molecule has 0 saturated carbocycles. The Morgan fingerprint density at radius 3 is 3.00 bits per heavy atom. The molecule has 86 valence electrons. The normalized spacial score (nSPS) is 27.8. The van der Waals surface area contributed by atoms with E-state index in [0.29, 0.717) is 12.1 Å². The van der Waals surface area contributed by atoms with E-state index < -0.39 is 0 Å². The number of nitrogens with zero attached hydrogens (tertiary/aromatic N) is 1. The first-order valence-electron chi connectivity index (χ1n) is 5.95. The van der Waals surface area contributed by atoms with Crippen LogP contribution < -0.4 is 10.2 Å². The number of piperazine rings is 1. The predicted octanol–water partition coefficient (Wildman–Crippen LogP) is 2.48. The van der Waals surface area contributed by atoms with Gasteiger partial charge in [-0.25, -0.2) is 0 Å². The largest absolute Gasteiger partial charge is 0.363 e. The molecule has 0 bridgehead atoms. The van der Waals surface area contributed by atoms with Gasteiger partial charge in [0.1, 0.15) is 0 Å². The van der Waals surface area contributed by atoms with Crippen molar-refractivity contribution < 1.29 is 0 Å². The Balaban J connectivity index is 2.06. The minimum absolute atomic E-state index is 0.612. The van der Waals surface area contributed by atoms with Gasteiger partial charge in [-0.2, -0.15) is 0 Å². The molecular weight excluding hydrogens is 264 g/mol. The number of nitrogens with one attached hydrogen (secondary N) is 1. The number of fused-ring (bicyclic) bond motifs is 3. The summed E-state index contributed by atoms with van der Waals surface area (Å²) in [5, 5.41) is 3.52. The first kappa shape index (κ1) is 10.6. The highest BCUT2D eigenvalue weighted by Crippen LogP contribution is 2.38. The molecule has 2 atom stereocenters. The molecule has 1 saturated heterocycles. The van der Waals surface area contributed by atoms with Crippen LogP contribution in [0, 0.1) is 6.92 Å². The Labute approximate surface area is 105 Å². The summed E-state index contributed by atoms with van der Waals surface area (Å²) in [5.74, 6) is 0. The maximum absolute atomic E-state index is 3.63. The van der Waals surface area contributed by atoms with Crippen molar-refractivity contribution in [3.8, 4) is 0 Å². The zero-order valence-corrected chi connectivity index (χ0v) is 11.3. The smallest absolute Gasteiger partial charge is 0.0459 e. The van der Waals surface area contributed by atoms with Crippen LogP contribution in [0.2, 0.25) is 0 Å². The van der Waals surface area contributed by atoms with Gasteiger partial charge in [-0.15, -0.1) is 0 Å². The first-order chi connectivity index (χ1) is 7.66. The summed E-state index contributed by atoms with van der Waals surface area (Å²) in [4.78, 5) is 2.60. The van der Waals surface area contributed by atoms with E-state index in [9.17, 15) is 0 Å². The van der Waals surface area contributed by atoms with Crippen molar-refractivity contribution in [1.29, 1.82) is 0 Å². The summed E-state index contributed by atoms with van der Waals surface area (Å²) < 4.78 is 1.24. The molecule has 3 heteroatoms. The third-order valence-corrected chi connectivity index (χ3v) is 4.64. The van der Waals surface area contributed by atoms with E-state index in [1.807, 2.05) is 0 Å². The topological polar surface area (TPSA) is 15.3 Å². The van der Waals surface area contributed by atoms with E-state index in [2.05, 4.69) is 52.1 Å². The quantitative estimate of drug-likeness (QED) is 0.786. The molecule has 2 aliphatic heterocycles. The number of aryl methyl sites for hydroxylation is 1. The highest BCUT2D eigenvalue weighted by Gasteiger charge is 2.35. The van der Waals surface area contributed by atoms with Crippen LogP contribution in [0.3, 0.4) is 0 Å². The predicted molar refractivity (Wildman–Crippen MR) is 71.2 cm³/mol. The highest BCUT2D eigenvalue weighted by atomic mass is 79.9. The van der Waals surface area contributed by atoms with Gasteiger partial charge in [-0.05, 0) is 43.5 Å². The zero-order chi connectivity index (χ0) is 11.3. The molecule has 16 heavy (non-hydrogen) atoms. The van der Waals surface area contributed by atoms with Crippen molar-refractivity contribution in [3.05, 3.63) is 27.7 Å². The fourth-order valence-corrected chi connectivity index (χ4v) is 3.38. The van der Waals surface area contributed by atoms with Gasteiger partial charge in [0.25, 0.3) is 0 Å². The van der Waals surface area contributed by atoms with Crippen molar-refractivity contribution in [3.63, 3.8) is 0 Å². The Kier molecular flexibility index (Phi) is 2.48. The summed E-state index contributed by atoms with van der Waals surface area (Å²) in [6, 6.07) is 5.91. The highest BCUT2D eigenvalue weighted by molar-refractivity contribution is 9.10. The van der Waals surface area contributed by atoms with Gasteiger partial charge in [-0.1, -0.05) is 15.9 Å². The number of benzene rings is 1. The third-order valence-electron chi connectivity index (χ3n) is 3.78. The molecule has 1 N–H and O–H groups in total. The molecular formula is C13H17BrN2. The van der Waals surface area contributed by atoms with Crippen LogP contribution in [0.25, 0.3) is 0 Å². The van der Waals surface area contributed by atoms with E-state index in [4.69, 9.17) is 0 Å². The number of halogens is 1. The zero-order valence-electron chi connectivity index (χ0n) is 9.76. The second kappa shape index (κ2) is 3.74. The van der Waals surface area contributed by atoms with Crippen molar-refractivity contribution >= 4 is 21.6 Å². The minimum atomic E-state index is 0.612. The van der Waals surface area contributed by atoms with Gasteiger partial charge in [0.2, 0.25) is 0 Å². The van der Waals surface area contributed by atoms with E-state index in [1.165, 1.54) is 27.7 Å². The Morgan fingerprint density at radius 1 is 1.38 bits per heavy atom. The Morgan fingerprint density at radius 2 is 2.19 bits per heavy atom. The second-order valence-electron chi connectivity index (χ2n) is 5.00. The molecule has 1 aromatic rings. The Bertz CT molecular complexity index is 430. The molecule has 0 aliphatic carbocycles. The summed E-state index contributed by atoms with van der Waals surface area (Å²) in [6.45, 7) is 6.71. The Hall–Kier alpha value is -0.540. The summed E-state index contributed by atoms with van der Waals surface area (Å²) in [5.41, 5.74) is 4.29. The van der Waals surface area contributed by atoms with Gasteiger partial charge in [0.15, 0.2) is 0 Å². The number of anilines is 1. The summed E-state index contributed by atoms with van der Waals surface area (Å²) in [7, 11) is 0. The molecule has 3 rings (SSSR count). The van der Waals surface area contributed by atoms with Crippen LogP contribution in [0.5, 0.6) is 0 Å². The van der Waals surface area contributed by atoms with Gasteiger partial charge >= 0.3 is 0 Å². The van der Waals surface area contributed by atoms with E-state index in [1.54, 1.807) is 0 Å². The van der Waals surface area contributed by atoms with Crippen LogP contribution in [-0.2, 0) is 6.42 Å². The van der Waals surface area contributed by atoms with Crippen LogP contribution in [0.15, 0.2) is 16.6 Å². The van der Waals surface area contributed by atoms with Crippen LogP contribution in [0.1, 0.15) is 18.1 Å².